The second-order valence-corrected chi connectivity index (χ2v) is 8.14. The first kappa shape index (κ1) is 20.8. The van der Waals surface area contributed by atoms with Crippen molar-refractivity contribution >= 4 is 23.2 Å². The molecule has 7 heteroatoms. The first-order valence-electron chi connectivity index (χ1n) is 10.3. The molecule has 1 atom stereocenters. The van der Waals surface area contributed by atoms with E-state index in [4.69, 9.17) is 25.8 Å². The molecule has 1 amide bonds. The average Bonchev–Trinajstić information content (AvgIpc) is 3.05. The molecule has 0 unspecified atom stereocenters. The highest BCUT2D eigenvalue weighted by Gasteiger charge is 2.29. The number of aryl methyl sites for hydroxylation is 1. The lowest BCUT2D eigenvalue weighted by Gasteiger charge is -2.25. The van der Waals surface area contributed by atoms with Crippen LogP contribution >= 0.6 is 11.6 Å². The Morgan fingerprint density at radius 3 is 2.80 bits per heavy atom. The van der Waals surface area contributed by atoms with Crippen LogP contribution in [0.1, 0.15) is 36.4 Å². The van der Waals surface area contributed by atoms with Crippen LogP contribution in [0.4, 0.5) is 5.69 Å². The summed E-state index contributed by atoms with van der Waals surface area (Å²) >= 11 is 6.17. The van der Waals surface area contributed by atoms with Crippen LogP contribution in [-0.2, 0) is 4.79 Å². The number of hydrogen-bond donors (Lipinski definition) is 1. The van der Waals surface area contributed by atoms with Crippen LogP contribution in [0.15, 0.2) is 30.3 Å². The maximum Gasteiger partial charge on any atom is 0.238 e. The van der Waals surface area contributed by atoms with Crippen LogP contribution in [-0.4, -0.2) is 44.2 Å². The summed E-state index contributed by atoms with van der Waals surface area (Å²) in [5.74, 6) is 2.07. The normalized spacial score (nSPS) is 18.7. The average molecular weight is 431 g/mol. The number of likely N-dealkylation sites (tertiary alicyclic amines) is 1. The number of carbonyl (C=O) groups is 1. The second kappa shape index (κ2) is 9.14. The quantitative estimate of drug-likeness (QED) is 0.751. The topological polar surface area (TPSA) is 60.0 Å². The van der Waals surface area contributed by atoms with Crippen molar-refractivity contribution in [3.8, 4) is 17.2 Å². The maximum atomic E-state index is 12.8. The lowest BCUT2D eigenvalue weighted by atomic mass is 10.0. The van der Waals surface area contributed by atoms with Crippen LogP contribution in [0, 0.1) is 6.92 Å². The highest BCUT2D eigenvalue weighted by Crippen LogP contribution is 2.38. The van der Waals surface area contributed by atoms with E-state index in [2.05, 4.69) is 22.3 Å². The highest BCUT2D eigenvalue weighted by molar-refractivity contribution is 6.31. The fraction of sp³-hybridized carbons (Fsp3) is 0.435. The Hall–Kier alpha value is -2.44. The van der Waals surface area contributed by atoms with Gasteiger partial charge < -0.3 is 19.5 Å². The van der Waals surface area contributed by atoms with Crippen LogP contribution in [0.5, 0.6) is 17.2 Å². The van der Waals surface area contributed by atoms with Gasteiger partial charge in [-0.1, -0.05) is 17.7 Å². The van der Waals surface area contributed by atoms with Crippen molar-refractivity contribution in [3.63, 3.8) is 0 Å². The summed E-state index contributed by atoms with van der Waals surface area (Å²) in [5.41, 5.74) is 2.68. The monoisotopic (exact) mass is 430 g/mol. The number of carbonyl (C=O) groups excluding carboxylic acids is 1. The van der Waals surface area contributed by atoms with E-state index in [0.717, 1.165) is 48.4 Å². The highest BCUT2D eigenvalue weighted by atomic mass is 35.5. The lowest BCUT2D eigenvalue weighted by Crippen LogP contribution is -2.33. The van der Waals surface area contributed by atoms with E-state index in [-0.39, 0.29) is 11.9 Å². The number of benzene rings is 2. The Kier molecular flexibility index (Phi) is 6.35. The van der Waals surface area contributed by atoms with Gasteiger partial charge in [-0.2, -0.15) is 0 Å². The van der Waals surface area contributed by atoms with Crippen molar-refractivity contribution in [1.82, 2.24) is 4.90 Å². The molecule has 2 heterocycles. The Balaban J connectivity index is 1.46. The molecule has 0 radical (unpaired) electrons. The molecule has 2 aliphatic heterocycles. The van der Waals surface area contributed by atoms with Gasteiger partial charge in [0.05, 0.1) is 32.6 Å². The molecule has 160 valence electrons. The summed E-state index contributed by atoms with van der Waals surface area (Å²) in [4.78, 5) is 15.0. The molecule has 0 saturated carbocycles. The molecule has 6 nitrogen and oxygen atoms in total. The summed E-state index contributed by atoms with van der Waals surface area (Å²) in [6.07, 6.45) is 2.94. The van der Waals surface area contributed by atoms with Gasteiger partial charge in [0.15, 0.2) is 11.5 Å². The molecule has 0 spiro atoms. The number of nitrogens with one attached hydrogen (secondary N) is 1. The van der Waals surface area contributed by atoms with Crippen molar-refractivity contribution in [2.45, 2.75) is 32.2 Å². The van der Waals surface area contributed by atoms with Gasteiger partial charge in [0.25, 0.3) is 0 Å². The predicted molar refractivity (Wildman–Crippen MR) is 117 cm³/mol. The summed E-state index contributed by atoms with van der Waals surface area (Å²) in [6, 6.07) is 9.87. The molecular formula is C23H27ClN2O4. The van der Waals surface area contributed by atoms with E-state index in [1.54, 1.807) is 13.2 Å². The molecule has 2 aromatic rings. The minimum Gasteiger partial charge on any atom is -0.495 e. The third-order valence-electron chi connectivity index (χ3n) is 5.62. The molecule has 4 rings (SSSR count). The lowest BCUT2D eigenvalue weighted by molar-refractivity contribution is -0.117. The molecular weight excluding hydrogens is 404 g/mol. The van der Waals surface area contributed by atoms with Gasteiger partial charge in [0.2, 0.25) is 5.91 Å². The fourth-order valence-electron chi connectivity index (χ4n) is 4.08. The minimum atomic E-state index is -0.0729. The van der Waals surface area contributed by atoms with Crippen LogP contribution < -0.4 is 19.5 Å². The van der Waals surface area contributed by atoms with Crippen LogP contribution in [0.25, 0.3) is 0 Å². The molecule has 0 bridgehead atoms. The fourth-order valence-corrected chi connectivity index (χ4v) is 4.24. The van der Waals surface area contributed by atoms with Crippen LogP contribution in [0.3, 0.4) is 0 Å². The summed E-state index contributed by atoms with van der Waals surface area (Å²) < 4.78 is 16.9. The van der Waals surface area contributed by atoms with Gasteiger partial charge in [-0.05, 0) is 55.6 Å². The largest absolute Gasteiger partial charge is 0.495 e. The zero-order valence-electron chi connectivity index (χ0n) is 17.4. The smallest absolute Gasteiger partial charge is 0.238 e. The van der Waals surface area contributed by atoms with Gasteiger partial charge in [-0.3, -0.25) is 9.69 Å². The Morgan fingerprint density at radius 2 is 2.00 bits per heavy atom. The Labute approximate surface area is 182 Å². The van der Waals surface area contributed by atoms with Crippen molar-refractivity contribution in [2.75, 3.05) is 38.7 Å². The van der Waals surface area contributed by atoms with Crippen molar-refractivity contribution in [3.05, 3.63) is 46.5 Å². The van der Waals surface area contributed by atoms with Crippen molar-refractivity contribution in [2.24, 2.45) is 0 Å². The zero-order valence-corrected chi connectivity index (χ0v) is 18.1. The second-order valence-electron chi connectivity index (χ2n) is 7.74. The molecule has 1 N–H and O–H groups in total. The number of nitrogens with zero attached hydrogens (tertiary/aromatic N) is 1. The molecule has 1 saturated heterocycles. The molecule has 1 fully saturated rings. The molecule has 30 heavy (non-hydrogen) atoms. The van der Waals surface area contributed by atoms with E-state index in [9.17, 15) is 4.79 Å². The van der Waals surface area contributed by atoms with Gasteiger partial charge >= 0.3 is 0 Å². The van der Waals surface area contributed by atoms with E-state index in [1.165, 1.54) is 0 Å². The van der Waals surface area contributed by atoms with Crippen LogP contribution in [0.2, 0.25) is 5.02 Å². The van der Waals surface area contributed by atoms with Crippen molar-refractivity contribution < 1.29 is 19.0 Å². The number of fused-ring (bicyclic) bond motifs is 1. The van der Waals surface area contributed by atoms with Gasteiger partial charge in [-0.25, -0.2) is 0 Å². The van der Waals surface area contributed by atoms with E-state index >= 15 is 0 Å². The third kappa shape index (κ3) is 4.50. The molecule has 2 aliphatic rings. The maximum absolute atomic E-state index is 12.8. The third-order valence-corrected chi connectivity index (χ3v) is 6.03. The Morgan fingerprint density at radius 1 is 1.20 bits per heavy atom. The first-order valence-corrected chi connectivity index (χ1v) is 10.7. The molecule has 0 aromatic heterocycles. The zero-order chi connectivity index (χ0) is 21.1. The van der Waals surface area contributed by atoms with E-state index in [0.29, 0.717) is 36.2 Å². The number of halogens is 1. The number of methoxy groups -OCH3 is 1. The SMILES string of the molecule is COc1cc(Cl)c(C)cc1NC(=O)CN1CCC[C@@H]1c1ccc2c(c1)OCCCO2. The number of anilines is 1. The van der Waals surface area contributed by atoms with Gasteiger partial charge in [0, 0.05) is 23.6 Å². The van der Waals surface area contributed by atoms with Gasteiger partial charge in [0.1, 0.15) is 5.75 Å². The van der Waals surface area contributed by atoms with Crippen molar-refractivity contribution in [1.29, 1.82) is 0 Å². The minimum absolute atomic E-state index is 0.0729. The number of ether oxygens (including phenoxy) is 3. The molecule has 0 aliphatic carbocycles. The number of rotatable bonds is 5. The first-order chi connectivity index (χ1) is 14.5. The Bertz CT molecular complexity index is 934. The summed E-state index contributed by atoms with van der Waals surface area (Å²) in [7, 11) is 1.57. The summed E-state index contributed by atoms with van der Waals surface area (Å²) in [5, 5.41) is 3.59. The molecule has 2 aromatic carbocycles. The van der Waals surface area contributed by atoms with E-state index < -0.39 is 0 Å². The summed E-state index contributed by atoms with van der Waals surface area (Å²) in [6.45, 7) is 4.43. The number of amides is 1. The van der Waals surface area contributed by atoms with E-state index in [1.807, 2.05) is 19.1 Å². The number of hydrogen-bond acceptors (Lipinski definition) is 5. The standard InChI is InChI=1S/C23H27ClN2O4/c1-15-11-18(21(28-2)13-17(15)24)25-23(27)14-26-8-3-5-19(26)16-6-7-20-22(12-16)30-10-4-9-29-20/h6-7,11-13,19H,3-5,8-10,14H2,1-2H3,(H,25,27)/t19-/m1/s1. The van der Waals surface area contributed by atoms with Gasteiger partial charge in [-0.15, -0.1) is 0 Å². The predicted octanol–water partition coefficient (Wildman–Crippen LogP) is 4.59.